The predicted molar refractivity (Wildman–Crippen MR) is 209 cm³/mol. The van der Waals surface area contributed by atoms with Crippen molar-refractivity contribution in [3.05, 3.63) is 127 Å². The van der Waals surface area contributed by atoms with Gasteiger partial charge in [0, 0.05) is 76.2 Å². The summed E-state index contributed by atoms with van der Waals surface area (Å²) >= 11 is 24.1. The van der Waals surface area contributed by atoms with Crippen molar-refractivity contribution in [3.8, 4) is 0 Å². The lowest BCUT2D eigenvalue weighted by atomic mass is 9.98. The lowest BCUT2D eigenvalue weighted by molar-refractivity contribution is -0.124. The zero-order valence-corrected chi connectivity index (χ0v) is 32.5. The predicted octanol–water partition coefficient (Wildman–Crippen LogP) is 9.00. The third kappa shape index (κ3) is 10.5. The average molecular weight is 841 g/mol. The summed E-state index contributed by atoms with van der Waals surface area (Å²) < 4.78 is 52.7. The van der Waals surface area contributed by atoms with E-state index < -0.39 is 35.3 Å². The summed E-state index contributed by atoms with van der Waals surface area (Å²) in [6.07, 6.45) is 1.96. The largest absolute Gasteiger partial charge is 0.383 e. The number of hydrogen-bond donors (Lipinski definition) is 2. The standard InChI is InChI=1S/C20H18Cl2F2N2O.C10H11Cl2N.C10H9F2NO2/c21-14-5-13(6-15(22)7-14)12-1-3-25(11-12)19-2-4-26(20(19)27)18-9-16(23)8-17(24)10-18;11-9-3-8(4-10(12)5-9)7-1-2-13-6-7;11-6-3-7(12)5-8(4-6)13-2-1-9(14)10(13)15/h5-10,12,19H,1-4,11H2;3-5,7,13H,1-2,6H2;3-5,9,14H,1-2H2/t12?,19-;;9-/m0.1/s1. The van der Waals surface area contributed by atoms with Gasteiger partial charge in [-0.05, 0) is 116 Å². The summed E-state index contributed by atoms with van der Waals surface area (Å²) in [6, 6.07) is 17.1. The molecule has 7 nitrogen and oxygen atoms in total. The Hall–Kier alpha value is -3.42. The van der Waals surface area contributed by atoms with Gasteiger partial charge in [0.25, 0.3) is 5.91 Å². The van der Waals surface area contributed by atoms with E-state index in [-0.39, 0.29) is 42.2 Å². The molecule has 4 aromatic rings. The van der Waals surface area contributed by atoms with Crippen LogP contribution in [-0.4, -0.2) is 73.2 Å². The molecule has 0 aliphatic carbocycles. The van der Waals surface area contributed by atoms with Crippen molar-refractivity contribution in [2.75, 3.05) is 49.1 Å². The van der Waals surface area contributed by atoms with Crippen LogP contribution in [0.15, 0.2) is 72.8 Å². The van der Waals surface area contributed by atoms with Crippen LogP contribution in [0.5, 0.6) is 0 Å². The summed E-state index contributed by atoms with van der Waals surface area (Å²) in [4.78, 5) is 29.0. The normalized spacial score (nSPS) is 22.5. The first-order chi connectivity index (χ1) is 26.2. The molecule has 4 saturated heterocycles. The van der Waals surface area contributed by atoms with Crippen molar-refractivity contribution in [1.82, 2.24) is 10.2 Å². The summed E-state index contributed by atoms with van der Waals surface area (Å²) in [5.41, 5.74) is 2.75. The first kappa shape index (κ1) is 41.2. The molecule has 0 spiro atoms. The average Bonchev–Trinajstić information content (AvgIpc) is 3.93. The molecule has 2 amide bonds. The molecule has 4 aliphatic heterocycles. The second-order valence-corrected chi connectivity index (χ2v) is 15.7. The molecule has 292 valence electrons. The summed E-state index contributed by atoms with van der Waals surface area (Å²) in [6.45, 7) is 4.39. The Kier molecular flexibility index (Phi) is 13.7. The molecule has 0 saturated carbocycles. The Morgan fingerprint density at radius 2 is 1.04 bits per heavy atom. The molecule has 2 unspecified atom stereocenters. The highest BCUT2D eigenvalue weighted by Crippen LogP contribution is 2.35. The van der Waals surface area contributed by atoms with Crippen molar-refractivity contribution in [2.45, 2.75) is 49.7 Å². The second-order valence-electron chi connectivity index (χ2n) is 13.9. The van der Waals surface area contributed by atoms with E-state index in [1.54, 1.807) is 12.1 Å². The molecular formula is C40H38Cl4F4N4O3. The number of carbonyl (C=O) groups is 2. The van der Waals surface area contributed by atoms with Gasteiger partial charge in [-0.3, -0.25) is 14.5 Å². The number of hydrogen-bond acceptors (Lipinski definition) is 5. The van der Waals surface area contributed by atoms with Gasteiger partial charge in [-0.15, -0.1) is 0 Å². The van der Waals surface area contributed by atoms with Gasteiger partial charge in [0.05, 0.1) is 6.04 Å². The zero-order valence-electron chi connectivity index (χ0n) is 29.4. The number of rotatable bonds is 5. The van der Waals surface area contributed by atoms with Crippen LogP contribution in [-0.2, 0) is 9.59 Å². The number of benzene rings is 4. The second kappa shape index (κ2) is 18.2. The molecule has 55 heavy (non-hydrogen) atoms. The highest BCUT2D eigenvalue weighted by Gasteiger charge is 2.40. The van der Waals surface area contributed by atoms with Gasteiger partial charge in [-0.2, -0.15) is 0 Å². The van der Waals surface area contributed by atoms with Gasteiger partial charge in [-0.25, -0.2) is 17.6 Å². The number of aliphatic hydroxyl groups is 1. The molecule has 4 atom stereocenters. The number of likely N-dealkylation sites (tertiary alicyclic amines) is 1. The minimum Gasteiger partial charge on any atom is -0.383 e. The van der Waals surface area contributed by atoms with Gasteiger partial charge >= 0.3 is 0 Å². The maximum Gasteiger partial charge on any atom is 0.255 e. The van der Waals surface area contributed by atoms with Crippen LogP contribution in [0.4, 0.5) is 28.9 Å². The Morgan fingerprint density at radius 1 is 0.564 bits per heavy atom. The molecule has 4 fully saturated rings. The van der Waals surface area contributed by atoms with Gasteiger partial charge in [-0.1, -0.05) is 46.4 Å². The number of amides is 2. The summed E-state index contributed by atoms with van der Waals surface area (Å²) in [7, 11) is 0. The number of anilines is 2. The fourth-order valence-electron chi connectivity index (χ4n) is 7.47. The first-order valence-electron chi connectivity index (χ1n) is 17.8. The third-order valence-electron chi connectivity index (χ3n) is 10.1. The highest BCUT2D eigenvalue weighted by atomic mass is 35.5. The number of aliphatic hydroxyl groups excluding tert-OH is 1. The fraction of sp³-hybridized carbons (Fsp3) is 0.350. The third-order valence-corrected chi connectivity index (χ3v) is 11.0. The number of carbonyl (C=O) groups excluding carboxylic acids is 2. The van der Waals surface area contributed by atoms with Gasteiger partial charge < -0.3 is 20.2 Å². The molecule has 8 rings (SSSR count). The van der Waals surface area contributed by atoms with Crippen LogP contribution in [0.1, 0.15) is 48.6 Å². The minimum atomic E-state index is -1.06. The zero-order chi connectivity index (χ0) is 39.4. The SMILES string of the molecule is Clc1cc(Cl)cc(C2CCNC2)c1.O=C1[C@@H](N2CCC(c3cc(Cl)cc(Cl)c3)C2)CCN1c1cc(F)cc(F)c1.O=C1[C@H](O)CCN1c1cc(F)cc(F)c1. The molecule has 4 heterocycles. The molecule has 0 radical (unpaired) electrons. The van der Waals surface area contributed by atoms with Crippen molar-refractivity contribution in [2.24, 2.45) is 0 Å². The Bertz CT molecular complexity index is 1960. The van der Waals surface area contributed by atoms with Crippen molar-refractivity contribution in [1.29, 1.82) is 0 Å². The van der Waals surface area contributed by atoms with E-state index in [2.05, 4.69) is 10.2 Å². The van der Waals surface area contributed by atoms with E-state index in [9.17, 15) is 32.3 Å². The van der Waals surface area contributed by atoms with Crippen LogP contribution in [0.2, 0.25) is 20.1 Å². The van der Waals surface area contributed by atoms with E-state index in [0.717, 1.165) is 72.5 Å². The number of nitrogens with zero attached hydrogens (tertiary/aromatic N) is 3. The fourth-order valence-corrected chi connectivity index (χ4v) is 8.56. The minimum absolute atomic E-state index is 0.107. The summed E-state index contributed by atoms with van der Waals surface area (Å²) in [5.74, 6) is -2.62. The van der Waals surface area contributed by atoms with Crippen LogP contribution < -0.4 is 15.1 Å². The molecule has 4 aromatic carbocycles. The lowest BCUT2D eigenvalue weighted by Crippen LogP contribution is -2.40. The maximum atomic E-state index is 13.5. The van der Waals surface area contributed by atoms with Crippen molar-refractivity contribution >= 4 is 69.6 Å². The van der Waals surface area contributed by atoms with Gasteiger partial charge in [0.15, 0.2) is 0 Å². The van der Waals surface area contributed by atoms with Crippen LogP contribution in [0, 0.1) is 23.3 Å². The Morgan fingerprint density at radius 3 is 1.49 bits per heavy atom. The van der Waals surface area contributed by atoms with Crippen LogP contribution >= 0.6 is 46.4 Å². The first-order valence-corrected chi connectivity index (χ1v) is 19.3. The van der Waals surface area contributed by atoms with Crippen LogP contribution in [0.25, 0.3) is 0 Å². The van der Waals surface area contributed by atoms with Gasteiger partial charge in [0.1, 0.15) is 29.4 Å². The molecular weight excluding hydrogens is 802 g/mol. The van der Waals surface area contributed by atoms with E-state index in [1.165, 1.54) is 33.9 Å². The molecule has 2 N–H and O–H groups in total. The monoisotopic (exact) mass is 838 g/mol. The van der Waals surface area contributed by atoms with E-state index in [1.807, 2.05) is 24.3 Å². The number of halogens is 8. The van der Waals surface area contributed by atoms with Crippen LogP contribution in [0.3, 0.4) is 0 Å². The Balaban J connectivity index is 0.000000155. The molecule has 4 aliphatic rings. The van der Waals surface area contributed by atoms with Crippen molar-refractivity contribution < 1.29 is 32.3 Å². The quantitative estimate of drug-likeness (QED) is 0.197. The van der Waals surface area contributed by atoms with Gasteiger partial charge in [0.2, 0.25) is 5.91 Å². The molecule has 0 bridgehead atoms. The topological polar surface area (TPSA) is 76.1 Å². The summed E-state index contributed by atoms with van der Waals surface area (Å²) in [5, 5.41) is 15.2. The Labute approximate surface area is 336 Å². The van der Waals surface area contributed by atoms with E-state index in [0.29, 0.717) is 28.9 Å². The number of nitrogens with one attached hydrogen (secondary N) is 1. The van der Waals surface area contributed by atoms with E-state index >= 15 is 0 Å². The van der Waals surface area contributed by atoms with Crippen molar-refractivity contribution in [3.63, 3.8) is 0 Å². The smallest absolute Gasteiger partial charge is 0.255 e. The lowest BCUT2D eigenvalue weighted by Gasteiger charge is -2.23. The highest BCUT2D eigenvalue weighted by molar-refractivity contribution is 6.35. The van der Waals surface area contributed by atoms with E-state index in [4.69, 9.17) is 46.4 Å². The molecule has 15 heteroatoms. The molecule has 0 aromatic heterocycles. The maximum absolute atomic E-state index is 13.5.